The smallest absolute Gasteiger partial charge is 0.258 e. The summed E-state index contributed by atoms with van der Waals surface area (Å²) in [6, 6.07) is 9.36. The number of nitrogens with one attached hydrogen (secondary N) is 1. The number of aromatic nitrogens is 3. The van der Waals surface area contributed by atoms with Crippen LogP contribution in [0.5, 0.6) is 0 Å². The van der Waals surface area contributed by atoms with E-state index in [0.29, 0.717) is 16.4 Å². The second-order valence-electron chi connectivity index (χ2n) is 5.03. The molecule has 0 bridgehead atoms. The maximum Gasteiger partial charge on any atom is 0.258 e. The SMILES string of the molecule is CCc1nnc(NC(=O)c2ccccc2SCc2cc(C)no2)s1. The van der Waals surface area contributed by atoms with Gasteiger partial charge in [-0.15, -0.1) is 22.0 Å². The van der Waals surface area contributed by atoms with Crippen LogP contribution in [0.25, 0.3) is 0 Å². The van der Waals surface area contributed by atoms with Gasteiger partial charge in [-0.05, 0) is 25.5 Å². The number of carbonyl (C=O) groups excluding carboxylic acids is 1. The molecule has 0 aliphatic rings. The van der Waals surface area contributed by atoms with Crippen molar-refractivity contribution in [3.63, 3.8) is 0 Å². The molecular weight excluding hydrogens is 344 g/mol. The summed E-state index contributed by atoms with van der Waals surface area (Å²) in [7, 11) is 0. The largest absolute Gasteiger partial charge is 0.360 e. The zero-order valence-corrected chi connectivity index (χ0v) is 14.9. The van der Waals surface area contributed by atoms with Crippen LogP contribution in [-0.4, -0.2) is 21.3 Å². The molecule has 1 amide bonds. The minimum absolute atomic E-state index is 0.189. The number of benzene rings is 1. The van der Waals surface area contributed by atoms with E-state index in [-0.39, 0.29) is 5.91 Å². The second kappa shape index (κ2) is 7.59. The van der Waals surface area contributed by atoms with E-state index in [0.717, 1.165) is 27.8 Å². The van der Waals surface area contributed by atoms with Crippen LogP contribution in [0, 0.1) is 6.92 Å². The van der Waals surface area contributed by atoms with Crippen LogP contribution < -0.4 is 5.32 Å². The van der Waals surface area contributed by atoms with Gasteiger partial charge >= 0.3 is 0 Å². The Morgan fingerprint density at radius 3 is 2.88 bits per heavy atom. The van der Waals surface area contributed by atoms with E-state index in [9.17, 15) is 4.79 Å². The molecule has 6 nitrogen and oxygen atoms in total. The Morgan fingerprint density at radius 1 is 1.33 bits per heavy atom. The fourth-order valence-electron chi connectivity index (χ4n) is 2.02. The molecular formula is C16H16N4O2S2. The topological polar surface area (TPSA) is 80.9 Å². The van der Waals surface area contributed by atoms with Crippen LogP contribution in [-0.2, 0) is 12.2 Å². The number of rotatable bonds is 6. The van der Waals surface area contributed by atoms with Gasteiger partial charge in [0, 0.05) is 11.0 Å². The molecule has 0 unspecified atom stereocenters. The van der Waals surface area contributed by atoms with Crippen molar-refractivity contribution in [3.8, 4) is 0 Å². The van der Waals surface area contributed by atoms with Gasteiger partial charge in [0.15, 0.2) is 0 Å². The molecule has 0 saturated heterocycles. The maximum absolute atomic E-state index is 12.5. The van der Waals surface area contributed by atoms with Crippen LogP contribution in [0.1, 0.15) is 33.7 Å². The monoisotopic (exact) mass is 360 g/mol. The Bertz CT molecular complexity index is 844. The fraction of sp³-hybridized carbons (Fsp3) is 0.250. The molecule has 2 heterocycles. The van der Waals surface area contributed by atoms with Gasteiger partial charge in [-0.2, -0.15) is 0 Å². The number of hydrogen-bond acceptors (Lipinski definition) is 7. The van der Waals surface area contributed by atoms with Gasteiger partial charge in [0.05, 0.1) is 17.0 Å². The molecule has 2 aromatic heterocycles. The summed E-state index contributed by atoms with van der Waals surface area (Å²) in [6.45, 7) is 3.88. The molecule has 3 rings (SSSR count). The van der Waals surface area contributed by atoms with Crippen LogP contribution in [0.4, 0.5) is 5.13 Å². The average Bonchev–Trinajstić information content (AvgIpc) is 3.22. The predicted molar refractivity (Wildman–Crippen MR) is 94.5 cm³/mol. The predicted octanol–water partition coefficient (Wildman–Crippen LogP) is 3.94. The Hall–Kier alpha value is -2.19. The summed E-state index contributed by atoms with van der Waals surface area (Å²) in [6.07, 6.45) is 0.802. The summed E-state index contributed by atoms with van der Waals surface area (Å²) in [5.41, 5.74) is 1.45. The van der Waals surface area contributed by atoms with Crippen LogP contribution in [0.3, 0.4) is 0 Å². The molecule has 0 spiro atoms. The molecule has 1 N–H and O–H groups in total. The van der Waals surface area contributed by atoms with E-state index in [1.54, 1.807) is 6.07 Å². The Morgan fingerprint density at radius 2 is 2.17 bits per heavy atom. The van der Waals surface area contributed by atoms with Gasteiger partial charge in [0.25, 0.3) is 5.91 Å². The summed E-state index contributed by atoms with van der Waals surface area (Å²) in [5.74, 6) is 1.21. The summed E-state index contributed by atoms with van der Waals surface area (Å²) >= 11 is 2.93. The third kappa shape index (κ3) is 4.01. The molecule has 0 aliphatic carbocycles. The highest BCUT2D eigenvalue weighted by Gasteiger charge is 2.14. The highest BCUT2D eigenvalue weighted by atomic mass is 32.2. The van der Waals surface area contributed by atoms with Gasteiger partial charge in [-0.1, -0.05) is 35.5 Å². The van der Waals surface area contributed by atoms with Crippen molar-refractivity contribution in [3.05, 3.63) is 52.4 Å². The van der Waals surface area contributed by atoms with Crippen molar-refractivity contribution in [2.75, 3.05) is 5.32 Å². The minimum Gasteiger partial charge on any atom is -0.360 e. The van der Waals surface area contributed by atoms with E-state index in [4.69, 9.17) is 4.52 Å². The van der Waals surface area contributed by atoms with Crippen molar-refractivity contribution >= 4 is 34.1 Å². The van der Waals surface area contributed by atoms with Crippen molar-refractivity contribution in [2.24, 2.45) is 0 Å². The molecule has 0 saturated carbocycles. The molecule has 0 radical (unpaired) electrons. The summed E-state index contributed by atoms with van der Waals surface area (Å²) in [4.78, 5) is 13.4. The lowest BCUT2D eigenvalue weighted by Gasteiger charge is -2.07. The summed E-state index contributed by atoms with van der Waals surface area (Å²) < 4.78 is 5.21. The Balaban J connectivity index is 1.71. The minimum atomic E-state index is -0.189. The van der Waals surface area contributed by atoms with E-state index in [1.165, 1.54) is 23.1 Å². The molecule has 3 aromatic rings. The highest BCUT2D eigenvalue weighted by Crippen LogP contribution is 2.27. The standard InChI is InChI=1S/C16H16N4O2S2/c1-3-14-18-19-16(24-14)17-15(21)12-6-4-5-7-13(12)23-9-11-8-10(2)20-22-11/h4-8H,3,9H2,1-2H3,(H,17,19,21). The third-order valence-electron chi connectivity index (χ3n) is 3.17. The first-order chi connectivity index (χ1) is 11.7. The lowest BCUT2D eigenvalue weighted by molar-refractivity contribution is 0.102. The quantitative estimate of drug-likeness (QED) is 0.671. The summed E-state index contributed by atoms with van der Waals surface area (Å²) in [5, 5.41) is 16.1. The Kier molecular flexibility index (Phi) is 5.27. The normalized spacial score (nSPS) is 10.8. The molecule has 8 heteroatoms. The number of amides is 1. The van der Waals surface area contributed by atoms with E-state index >= 15 is 0 Å². The molecule has 0 fully saturated rings. The van der Waals surface area contributed by atoms with Crippen LogP contribution >= 0.6 is 23.1 Å². The molecule has 1 aromatic carbocycles. The average molecular weight is 360 g/mol. The van der Waals surface area contributed by atoms with Crippen molar-refractivity contribution in [1.29, 1.82) is 0 Å². The fourth-order valence-corrected chi connectivity index (χ4v) is 3.62. The lowest BCUT2D eigenvalue weighted by Crippen LogP contribution is -2.12. The first-order valence-corrected chi connectivity index (χ1v) is 9.23. The first kappa shape index (κ1) is 16.7. The van der Waals surface area contributed by atoms with Crippen molar-refractivity contribution < 1.29 is 9.32 Å². The van der Waals surface area contributed by atoms with Crippen LogP contribution in [0.2, 0.25) is 0 Å². The zero-order chi connectivity index (χ0) is 16.9. The molecule has 24 heavy (non-hydrogen) atoms. The number of hydrogen-bond donors (Lipinski definition) is 1. The van der Waals surface area contributed by atoms with E-state index < -0.39 is 0 Å². The van der Waals surface area contributed by atoms with E-state index in [2.05, 4.69) is 20.7 Å². The van der Waals surface area contributed by atoms with Crippen LogP contribution in [0.15, 0.2) is 39.8 Å². The number of thioether (sulfide) groups is 1. The molecule has 0 aliphatic heterocycles. The number of anilines is 1. The zero-order valence-electron chi connectivity index (χ0n) is 13.3. The van der Waals surface area contributed by atoms with Gasteiger partial charge in [0.1, 0.15) is 10.8 Å². The van der Waals surface area contributed by atoms with Gasteiger partial charge in [-0.25, -0.2) is 0 Å². The molecule has 124 valence electrons. The maximum atomic E-state index is 12.5. The Labute approximate surface area is 147 Å². The number of nitrogens with zero attached hydrogens (tertiary/aromatic N) is 3. The number of aryl methyl sites for hydroxylation is 2. The van der Waals surface area contributed by atoms with Gasteiger partial charge in [0.2, 0.25) is 5.13 Å². The van der Waals surface area contributed by atoms with Crippen molar-refractivity contribution in [1.82, 2.24) is 15.4 Å². The third-order valence-corrected chi connectivity index (χ3v) is 5.25. The van der Waals surface area contributed by atoms with Gasteiger partial charge in [-0.3, -0.25) is 10.1 Å². The second-order valence-corrected chi connectivity index (χ2v) is 7.11. The number of carbonyl (C=O) groups is 1. The molecule has 0 atom stereocenters. The first-order valence-electron chi connectivity index (χ1n) is 7.43. The van der Waals surface area contributed by atoms with Crippen molar-refractivity contribution in [2.45, 2.75) is 30.9 Å². The van der Waals surface area contributed by atoms with Gasteiger partial charge < -0.3 is 4.52 Å². The lowest BCUT2D eigenvalue weighted by atomic mass is 10.2. The highest BCUT2D eigenvalue weighted by molar-refractivity contribution is 7.98. The van der Waals surface area contributed by atoms with E-state index in [1.807, 2.05) is 38.1 Å².